The van der Waals surface area contributed by atoms with Gasteiger partial charge in [0.15, 0.2) is 6.10 Å². The van der Waals surface area contributed by atoms with Gasteiger partial charge >= 0.3 is 17.9 Å². The molecular formula is C69H118O6. The van der Waals surface area contributed by atoms with Crippen LogP contribution in [0.2, 0.25) is 0 Å². The number of carbonyl (C=O) groups is 3. The SMILES string of the molecule is CC/C=C\C/C=C\C/C=C\C/C=C\CCCCCCCCCCCCCCCCCCCCCCCCC(=O)OCC(COC(=O)CCCCCCCCC)OC(=O)CCCC/C=C\C/C=C\C/C=C\C/C=C\CC. The molecule has 75 heavy (non-hydrogen) atoms. The van der Waals surface area contributed by atoms with Gasteiger partial charge in [-0.15, -0.1) is 0 Å². The summed E-state index contributed by atoms with van der Waals surface area (Å²) >= 11 is 0. The second kappa shape index (κ2) is 62.9. The summed E-state index contributed by atoms with van der Waals surface area (Å²) in [6.45, 7) is 6.35. The molecule has 0 amide bonds. The first-order valence-corrected chi connectivity index (χ1v) is 31.7. The van der Waals surface area contributed by atoms with Gasteiger partial charge in [-0.1, -0.05) is 285 Å². The number of rotatable bonds is 57. The van der Waals surface area contributed by atoms with Crippen LogP contribution in [-0.4, -0.2) is 37.2 Å². The summed E-state index contributed by atoms with van der Waals surface area (Å²) in [4.78, 5) is 37.9. The summed E-state index contributed by atoms with van der Waals surface area (Å²) in [5.74, 6) is -0.931. The van der Waals surface area contributed by atoms with Crippen LogP contribution in [0.1, 0.15) is 303 Å². The molecule has 0 spiro atoms. The van der Waals surface area contributed by atoms with Gasteiger partial charge in [-0.05, 0) is 96.3 Å². The molecule has 0 saturated heterocycles. The number of hydrogen-bond acceptors (Lipinski definition) is 6. The molecule has 0 heterocycles. The molecule has 0 aliphatic carbocycles. The fourth-order valence-corrected chi connectivity index (χ4v) is 8.90. The summed E-state index contributed by atoms with van der Waals surface area (Å²) in [7, 11) is 0. The number of carbonyl (C=O) groups excluding carboxylic acids is 3. The Hall–Kier alpha value is -3.67. The van der Waals surface area contributed by atoms with Gasteiger partial charge in [-0.3, -0.25) is 14.4 Å². The summed E-state index contributed by atoms with van der Waals surface area (Å²) < 4.78 is 16.8. The molecule has 6 nitrogen and oxygen atoms in total. The van der Waals surface area contributed by atoms with E-state index in [9.17, 15) is 14.4 Å². The number of allylic oxidation sites excluding steroid dienone is 16. The minimum atomic E-state index is -0.794. The lowest BCUT2D eigenvalue weighted by molar-refractivity contribution is -0.167. The number of unbranched alkanes of at least 4 members (excludes halogenated alkanes) is 30. The first-order valence-electron chi connectivity index (χ1n) is 31.7. The third-order valence-electron chi connectivity index (χ3n) is 13.6. The Morgan fingerprint density at radius 2 is 0.520 bits per heavy atom. The molecular weight excluding hydrogens is 925 g/mol. The molecule has 430 valence electrons. The fraction of sp³-hybridized carbons (Fsp3) is 0.725. The standard InChI is InChI=1S/C69H118O6/c1-4-7-10-13-16-18-20-22-24-25-26-27-28-29-30-31-32-33-34-35-36-37-38-39-40-41-42-43-45-46-48-50-53-56-59-62-68(71)74-65-66(64-73-67(70)61-58-55-52-15-12-9-6-3)75-69(72)63-60-57-54-51-49-47-44-23-21-19-17-14-11-8-5-2/h7-8,10-11,16-19,22-24,26-27,44,49,51,66H,4-6,9,12-15,20-21,25,28-43,45-48,50,52-65H2,1-3H3/b10-7-,11-8-,18-16-,19-17-,24-22-,27-26-,44-23-,51-49-. The zero-order valence-electron chi connectivity index (χ0n) is 49.3. The predicted molar refractivity (Wildman–Crippen MR) is 325 cm³/mol. The van der Waals surface area contributed by atoms with Crippen molar-refractivity contribution in [3.63, 3.8) is 0 Å². The Balaban J connectivity index is 3.98. The summed E-state index contributed by atoms with van der Waals surface area (Å²) in [5.41, 5.74) is 0. The van der Waals surface area contributed by atoms with E-state index in [1.807, 2.05) is 0 Å². The van der Waals surface area contributed by atoms with Crippen LogP contribution in [-0.2, 0) is 28.6 Å². The second-order valence-corrected chi connectivity index (χ2v) is 20.9. The molecule has 1 unspecified atom stereocenters. The molecule has 0 aromatic carbocycles. The van der Waals surface area contributed by atoms with Crippen molar-refractivity contribution >= 4 is 17.9 Å². The van der Waals surface area contributed by atoms with E-state index in [0.29, 0.717) is 19.3 Å². The fourth-order valence-electron chi connectivity index (χ4n) is 8.90. The smallest absolute Gasteiger partial charge is 0.306 e. The Kier molecular flexibility index (Phi) is 59.8. The lowest BCUT2D eigenvalue weighted by Crippen LogP contribution is -2.30. The Bertz CT molecular complexity index is 1480. The molecule has 0 aromatic rings. The van der Waals surface area contributed by atoms with E-state index in [1.54, 1.807) is 0 Å². The average molecular weight is 1040 g/mol. The van der Waals surface area contributed by atoms with Crippen LogP contribution in [0, 0.1) is 0 Å². The molecule has 0 rings (SSSR count). The van der Waals surface area contributed by atoms with Crippen LogP contribution in [0.4, 0.5) is 0 Å². The number of hydrogen-bond donors (Lipinski definition) is 0. The minimum absolute atomic E-state index is 0.0902. The van der Waals surface area contributed by atoms with Gasteiger partial charge < -0.3 is 14.2 Å². The molecule has 1 atom stereocenters. The van der Waals surface area contributed by atoms with E-state index in [1.165, 1.54) is 154 Å². The maximum absolute atomic E-state index is 12.8. The third-order valence-corrected chi connectivity index (χ3v) is 13.6. The molecule has 0 aliphatic heterocycles. The highest BCUT2D eigenvalue weighted by Gasteiger charge is 2.19. The first kappa shape index (κ1) is 71.3. The highest BCUT2D eigenvalue weighted by molar-refractivity contribution is 5.71. The van der Waals surface area contributed by atoms with Gasteiger partial charge in [-0.2, -0.15) is 0 Å². The highest BCUT2D eigenvalue weighted by Crippen LogP contribution is 2.17. The van der Waals surface area contributed by atoms with Crippen LogP contribution >= 0.6 is 0 Å². The second-order valence-electron chi connectivity index (χ2n) is 20.9. The van der Waals surface area contributed by atoms with Crippen molar-refractivity contribution < 1.29 is 28.6 Å². The first-order chi connectivity index (χ1) is 37.0. The predicted octanol–water partition coefficient (Wildman–Crippen LogP) is 21.7. The topological polar surface area (TPSA) is 78.9 Å². The van der Waals surface area contributed by atoms with Gasteiger partial charge in [0.1, 0.15) is 13.2 Å². The van der Waals surface area contributed by atoms with E-state index in [4.69, 9.17) is 14.2 Å². The van der Waals surface area contributed by atoms with Crippen molar-refractivity contribution in [2.75, 3.05) is 13.2 Å². The molecule has 0 N–H and O–H groups in total. The number of ether oxygens (including phenoxy) is 3. The van der Waals surface area contributed by atoms with Gasteiger partial charge in [0.2, 0.25) is 0 Å². The summed E-state index contributed by atoms with van der Waals surface area (Å²) in [6, 6.07) is 0. The summed E-state index contributed by atoms with van der Waals surface area (Å²) in [6.07, 6.45) is 84.7. The Labute approximate surface area is 464 Å². The Morgan fingerprint density at radius 3 is 0.840 bits per heavy atom. The van der Waals surface area contributed by atoms with Gasteiger partial charge in [0.05, 0.1) is 0 Å². The zero-order valence-corrected chi connectivity index (χ0v) is 49.3. The van der Waals surface area contributed by atoms with Crippen molar-refractivity contribution in [3.05, 3.63) is 97.2 Å². The maximum atomic E-state index is 12.8. The Morgan fingerprint density at radius 1 is 0.280 bits per heavy atom. The molecule has 0 aromatic heterocycles. The van der Waals surface area contributed by atoms with Crippen LogP contribution in [0.5, 0.6) is 0 Å². The van der Waals surface area contributed by atoms with E-state index in [-0.39, 0.29) is 37.5 Å². The highest BCUT2D eigenvalue weighted by atomic mass is 16.6. The van der Waals surface area contributed by atoms with E-state index in [0.717, 1.165) is 103 Å². The van der Waals surface area contributed by atoms with Gasteiger partial charge in [0.25, 0.3) is 0 Å². The van der Waals surface area contributed by atoms with Crippen LogP contribution in [0.15, 0.2) is 97.2 Å². The van der Waals surface area contributed by atoms with E-state index < -0.39 is 6.10 Å². The van der Waals surface area contributed by atoms with Crippen molar-refractivity contribution in [1.29, 1.82) is 0 Å². The van der Waals surface area contributed by atoms with Gasteiger partial charge in [-0.25, -0.2) is 0 Å². The summed E-state index contributed by atoms with van der Waals surface area (Å²) in [5, 5.41) is 0. The quantitative estimate of drug-likeness (QED) is 0.0261. The monoisotopic (exact) mass is 1040 g/mol. The third kappa shape index (κ3) is 61.1. The molecule has 0 bridgehead atoms. The zero-order chi connectivity index (χ0) is 54.3. The van der Waals surface area contributed by atoms with Crippen molar-refractivity contribution in [2.45, 2.75) is 309 Å². The van der Waals surface area contributed by atoms with Crippen LogP contribution < -0.4 is 0 Å². The molecule has 0 fully saturated rings. The lowest BCUT2D eigenvalue weighted by Gasteiger charge is -2.18. The van der Waals surface area contributed by atoms with Crippen LogP contribution in [0.25, 0.3) is 0 Å². The van der Waals surface area contributed by atoms with E-state index in [2.05, 4.69) is 118 Å². The van der Waals surface area contributed by atoms with Gasteiger partial charge in [0, 0.05) is 19.3 Å². The maximum Gasteiger partial charge on any atom is 0.306 e. The molecule has 6 heteroatoms. The minimum Gasteiger partial charge on any atom is -0.462 e. The largest absolute Gasteiger partial charge is 0.462 e. The molecule has 0 radical (unpaired) electrons. The van der Waals surface area contributed by atoms with Crippen molar-refractivity contribution in [2.24, 2.45) is 0 Å². The average Bonchev–Trinajstić information content (AvgIpc) is 3.41. The molecule has 0 aliphatic rings. The normalized spacial score (nSPS) is 12.7. The van der Waals surface area contributed by atoms with E-state index >= 15 is 0 Å². The lowest BCUT2D eigenvalue weighted by atomic mass is 10.0. The van der Waals surface area contributed by atoms with Crippen molar-refractivity contribution in [1.82, 2.24) is 0 Å². The molecule has 0 saturated carbocycles. The number of esters is 3. The van der Waals surface area contributed by atoms with Crippen LogP contribution in [0.3, 0.4) is 0 Å². The van der Waals surface area contributed by atoms with Crippen molar-refractivity contribution in [3.8, 4) is 0 Å².